The van der Waals surface area contributed by atoms with Crippen molar-refractivity contribution in [3.63, 3.8) is 0 Å². The van der Waals surface area contributed by atoms with Crippen molar-refractivity contribution in [3.8, 4) is 6.07 Å². The van der Waals surface area contributed by atoms with Crippen LogP contribution in [0.3, 0.4) is 0 Å². The van der Waals surface area contributed by atoms with E-state index in [2.05, 4.69) is 16.4 Å². The molecular formula is C17H17N3O. The van der Waals surface area contributed by atoms with E-state index >= 15 is 0 Å². The van der Waals surface area contributed by atoms with E-state index in [0.29, 0.717) is 11.3 Å². The molecule has 4 heteroatoms. The van der Waals surface area contributed by atoms with Crippen molar-refractivity contribution >= 4 is 11.6 Å². The molecule has 0 unspecified atom stereocenters. The number of benzene rings is 1. The second kappa shape index (κ2) is 5.76. The van der Waals surface area contributed by atoms with Gasteiger partial charge in [-0.15, -0.1) is 0 Å². The minimum Gasteiger partial charge on any atom is -0.322 e. The smallest absolute Gasteiger partial charge is 0.257 e. The molecule has 0 radical (unpaired) electrons. The van der Waals surface area contributed by atoms with Gasteiger partial charge in [-0.1, -0.05) is 12.1 Å². The molecule has 106 valence electrons. The summed E-state index contributed by atoms with van der Waals surface area (Å²) in [7, 11) is 0. The fraction of sp³-hybridized carbons (Fsp3) is 0.235. The SMILES string of the molecule is Cc1ccc(C(=O)Nc2ccc(C(C)(C)C#N)cc2)cn1. The van der Waals surface area contributed by atoms with Gasteiger partial charge < -0.3 is 5.32 Å². The molecule has 0 spiro atoms. The lowest BCUT2D eigenvalue weighted by Gasteiger charge is -2.16. The van der Waals surface area contributed by atoms with Gasteiger partial charge in [0.05, 0.1) is 17.0 Å². The Kier molecular flexibility index (Phi) is 4.04. The van der Waals surface area contributed by atoms with E-state index in [4.69, 9.17) is 5.26 Å². The number of anilines is 1. The summed E-state index contributed by atoms with van der Waals surface area (Å²) in [5.41, 5.74) is 2.46. The lowest BCUT2D eigenvalue weighted by molar-refractivity contribution is 0.102. The number of hydrogen-bond acceptors (Lipinski definition) is 3. The van der Waals surface area contributed by atoms with Crippen molar-refractivity contribution in [2.45, 2.75) is 26.2 Å². The van der Waals surface area contributed by atoms with Crippen LogP contribution in [0.4, 0.5) is 5.69 Å². The average Bonchev–Trinajstić information content (AvgIpc) is 2.48. The predicted molar refractivity (Wildman–Crippen MR) is 82.0 cm³/mol. The first kappa shape index (κ1) is 14.7. The van der Waals surface area contributed by atoms with Crippen LogP contribution in [0.1, 0.15) is 35.5 Å². The molecule has 1 heterocycles. The summed E-state index contributed by atoms with van der Waals surface area (Å²) in [4.78, 5) is 16.2. The number of hydrogen-bond donors (Lipinski definition) is 1. The number of rotatable bonds is 3. The summed E-state index contributed by atoms with van der Waals surface area (Å²) in [6.07, 6.45) is 1.55. The molecule has 2 rings (SSSR count). The molecule has 1 aromatic carbocycles. The lowest BCUT2D eigenvalue weighted by atomic mass is 9.86. The summed E-state index contributed by atoms with van der Waals surface area (Å²) in [6.45, 7) is 5.59. The number of nitriles is 1. The Morgan fingerprint density at radius 1 is 1.19 bits per heavy atom. The van der Waals surface area contributed by atoms with E-state index in [0.717, 1.165) is 11.3 Å². The molecule has 0 saturated carbocycles. The van der Waals surface area contributed by atoms with Gasteiger partial charge in [0, 0.05) is 17.6 Å². The normalized spacial score (nSPS) is 10.8. The van der Waals surface area contributed by atoms with Gasteiger partial charge in [-0.3, -0.25) is 9.78 Å². The van der Waals surface area contributed by atoms with Crippen molar-refractivity contribution in [2.24, 2.45) is 0 Å². The first-order valence-electron chi connectivity index (χ1n) is 6.68. The molecule has 21 heavy (non-hydrogen) atoms. The second-order valence-corrected chi connectivity index (χ2v) is 5.46. The van der Waals surface area contributed by atoms with Crippen molar-refractivity contribution in [2.75, 3.05) is 5.32 Å². The highest BCUT2D eigenvalue weighted by Gasteiger charge is 2.19. The number of carbonyl (C=O) groups is 1. The molecule has 4 nitrogen and oxygen atoms in total. The van der Waals surface area contributed by atoms with E-state index in [1.165, 1.54) is 0 Å². The Labute approximate surface area is 124 Å². The highest BCUT2D eigenvalue weighted by molar-refractivity contribution is 6.04. The molecule has 2 aromatic rings. The average molecular weight is 279 g/mol. The number of pyridine rings is 1. The molecule has 1 N–H and O–H groups in total. The van der Waals surface area contributed by atoms with E-state index in [-0.39, 0.29) is 5.91 Å². The van der Waals surface area contributed by atoms with Crippen LogP contribution in [0.25, 0.3) is 0 Å². The van der Waals surface area contributed by atoms with Gasteiger partial charge in [0.2, 0.25) is 0 Å². The molecule has 0 bridgehead atoms. The molecule has 0 atom stereocenters. The Hall–Kier alpha value is -2.67. The van der Waals surface area contributed by atoms with Crippen LogP contribution in [0.2, 0.25) is 0 Å². The lowest BCUT2D eigenvalue weighted by Crippen LogP contribution is -2.15. The zero-order valence-corrected chi connectivity index (χ0v) is 12.3. The Morgan fingerprint density at radius 3 is 2.38 bits per heavy atom. The zero-order chi connectivity index (χ0) is 15.5. The summed E-state index contributed by atoms with van der Waals surface area (Å²) < 4.78 is 0. The Balaban J connectivity index is 2.12. The van der Waals surface area contributed by atoms with E-state index in [1.54, 1.807) is 30.5 Å². The number of aromatic nitrogens is 1. The maximum atomic E-state index is 12.1. The van der Waals surface area contributed by atoms with E-state index < -0.39 is 5.41 Å². The first-order chi connectivity index (χ1) is 9.92. The van der Waals surface area contributed by atoms with Gasteiger partial charge in [0.15, 0.2) is 0 Å². The predicted octanol–water partition coefficient (Wildman–Crippen LogP) is 3.44. The number of nitrogens with zero attached hydrogens (tertiary/aromatic N) is 2. The maximum Gasteiger partial charge on any atom is 0.257 e. The first-order valence-corrected chi connectivity index (χ1v) is 6.68. The molecular weight excluding hydrogens is 262 g/mol. The van der Waals surface area contributed by atoms with E-state index in [9.17, 15) is 4.79 Å². The van der Waals surface area contributed by atoms with Crippen LogP contribution in [-0.4, -0.2) is 10.9 Å². The summed E-state index contributed by atoms with van der Waals surface area (Å²) >= 11 is 0. The third kappa shape index (κ3) is 3.46. The zero-order valence-electron chi connectivity index (χ0n) is 12.3. The van der Waals surface area contributed by atoms with Crippen LogP contribution in [-0.2, 0) is 5.41 Å². The van der Waals surface area contributed by atoms with Crippen molar-refractivity contribution < 1.29 is 4.79 Å². The van der Waals surface area contributed by atoms with Crippen LogP contribution in [0.5, 0.6) is 0 Å². The summed E-state index contributed by atoms with van der Waals surface area (Å²) in [5.74, 6) is -0.199. The molecule has 0 saturated heterocycles. The number of nitrogens with one attached hydrogen (secondary N) is 1. The van der Waals surface area contributed by atoms with Crippen molar-refractivity contribution in [1.29, 1.82) is 5.26 Å². The van der Waals surface area contributed by atoms with Gasteiger partial charge in [-0.2, -0.15) is 5.26 Å². The highest BCUT2D eigenvalue weighted by Crippen LogP contribution is 2.23. The molecule has 0 aliphatic heterocycles. The van der Waals surface area contributed by atoms with Crippen LogP contribution >= 0.6 is 0 Å². The van der Waals surface area contributed by atoms with Gasteiger partial charge in [-0.25, -0.2) is 0 Å². The van der Waals surface area contributed by atoms with E-state index in [1.807, 2.05) is 32.9 Å². The minimum absolute atomic E-state index is 0.199. The van der Waals surface area contributed by atoms with Crippen molar-refractivity contribution in [3.05, 3.63) is 59.4 Å². The minimum atomic E-state index is -0.538. The Morgan fingerprint density at radius 2 is 1.86 bits per heavy atom. The molecule has 0 aliphatic carbocycles. The Bertz CT molecular complexity index is 679. The van der Waals surface area contributed by atoms with Gasteiger partial charge in [-0.05, 0) is 50.6 Å². The molecule has 0 aliphatic rings. The molecule has 1 aromatic heterocycles. The number of aryl methyl sites for hydroxylation is 1. The number of amides is 1. The van der Waals surface area contributed by atoms with Crippen LogP contribution < -0.4 is 5.32 Å². The summed E-state index contributed by atoms with van der Waals surface area (Å²) in [5, 5.41) is 11.9. The van der Waals surface area contributed by atoms with Crippen LogP contribution in [0, 0.1) is 18.3 Å². The quantitative estimate of drug-likeness (QED) is 0.935. The fourth-order valence-corrected chi connectivity index (χ4v) is 1.84. The highest BCUT2D eigenvalue weighted by atomic mass is 16.1. The monoisotopic (exact) mass is 279 g/mol. The van der Waals surface area contributed by atoms with Gasteiger partial charge in [0.25, 0.3) is 5.91 Å². The van der Waals surface area contributed by atoms with Gasteiger partial charge >= 0.3 is 0 Å². The largest absolute Gasteiger partial charge is 0.322 e. The third-order valence-corrected chi connectivity index (χ3v) is 3.32. The molecule has 0 fully saturated rings. The van der Waals surface area contributed by atoms with Crippen molar-refractivity contribution in [1.82, 2.24) is 4.98 Å². The topological polar surface area (TPSA) is 65.8 Å². The maximum absolute atomic E-state index is 12.1. The molecule has 1 amide bonds. The fourth-order valence-electron chi connectivity index (χ4n) is 1.84. The number of carbonyl (C=O) groups excluding carboxylic acids is 1. The third-order valence-electron chi connectivity index (χ3n) is 3.32. The van der Waals surface area contributed by atoms with Crippen LogP contribution in [0.15, 0.2) is 42.6 Å². The standard InChI is InChI=1S/C17H17N3O/c1-12-4-5-13(10-19-12)16(21)20-15-8-6-14(7-9-15)17(2,3)11-18/h4-10H,1-3H3,(H,20,21). The summed E-state index contributed by atoms with van der Waals surface area (Å²) in [6, 6.07) is 13.1. The second-order valence-electron chi connectivity index (χ2n) is 5.46. The van der Waals surface area contributed by atoms with Gasteiger partial charge in [0.1, 0.15) is 0 Å².